The molecular weight excluding hydrogens is 424 g/mol. The molecule has 30 heavy (non-hydrogen) atoms. The fraction of sp³-hybridized carbons (Fsp3) is 0.346. The highest BCUT2D eigenvalue weighted by atomic mass is 32.1. The average Bonchev–Trinajstić information content (AvgIpc) is 3.40. The maximum absolute atomic E-state index is 13.3. The van der Waals surface area contributed by atoms with Crippen LogP contribution in [0.1, 0.15) is 58.8 Å². The van der Waals surface area contributed by atoms with Crippen LogP contribution in [-0.2, 0) is 4.79 Å². The molecule has 154 valence electrons. The van der Waals surface area contributed by atoms with E-state index in [1.54, 1.807) is 11.3 Å². The molecule has 0 saturated heterocycles. The highest BCUT2D eigenvalue weighted by molar-refractivity contribution is 7.12. The van der Waals surface area contributed by atoms with Gasteiger partial charge in [0.15, 0.2) is 5.78 Å². The highest BCUT2D eigenvalue weighted by Crippen LogP contribution is 2.57. The summed E-state index contributed by atoms with van der Waals surface area (Å²) < 4.78 is 0. The van der Waals surface area contributed by atoms with Crippen molar-refractivity contribution in [3.8, 4) is 0 Å². The van der Waals surface area contributed by atoms with E-state index in [9.17, 15) is 4.79 Å². The molecule has 0 bridgehead atoms. The van der Waals surface area contributed by atoms with Crippen molar-refractivity contribution < 1.29 is 4.79 Å². The van der Waals surface area contributed by atoms with Crippen LogP contribution in [0.15, 0.2) is 23.8 Å². The van der Waals surface area contributed by atoms with Gasteiger partial charge in [-0.15, -0.1) is 34.0 Å². The predicted octanol–water partition coefficient (Wildman–Crippen LogP) is 8.08. The van der Waals surface area contributed by atoms with Crippen molar-refractivity contribution >= 4 is 56.5 Å². The Hall–Kier alpha value is -1.75. The van der Waals surface area contributed by atoms with Crippen LogP contribution < -0.4 is 0 Å². The molecule has 0 amide bonds. The molecule has 0 aromatic carbocycles. The van der Waals surface area contributed by atoms with Gasteiger partial charge in [-0.3, -0.25) is 4.79 Å². The minimum atomic E-state index is 0.316. The maximum atomic E-state index is 13.3. The van der Waals surface area contributed by atoms with Crippen molar-refractivity contribution in [1.82, 2.24) is 0 Å². The first-order valence-electron chi connectivity index (χ1n) is 10.5. The Balaban J connectivity index is 1.85. The molecule has 4 heteroatoms. The maximum Gasteiger partial charge on any atom is 0.164 e. The van der Waals surface area contributed by atoms with Gasteiger partial charge >= 0.3 is 0 Å². The smallest absolute Gasteiger partial charge is 0.164 e. The predicted molar refractivity (Wildman–Crippen MR) is 133 cm³/mol. The summed E-state index contributed by atoms with van der Waals surface area (Å²) in [5, 5.41) is 0. The minimum Gasteiger partial charge on any atom is -0.294 e. The molecule has 3 heterocycles. The zero-order valence-electron chi connectivity index (χ0n) is 18.4. The van der Waals surface area contributed by atoms with Gasteiger partial charge in [-0.2, -0.15) is 0 Å². The van der Waals surface area contributed by atoms with Crippen LogP contribution in [0.3, 0.4) is 0 Å². The molecule has 0 fully saturated rings. The molecule has 5 rings (SSSR count). The van der Waals surface area contributed by atoms with Gasteiger partial charge in [0, 0.05) is 41.3 Å². The Labute approximate surface area is 190 Å². The summed E-state index contributed by atoms with van der Waals surface area (Å²) in [6, 6.07) is 6.92. The number of carbonyl (C=O) groups is 1. The monoisotopic (exact) mass is 450 g/mol. The lowest BCUT2D eigenvalue weighted by atomic mass is 9.91. The number of rotatable bonds is 3. The van der Waals surface area contributed by atoms with Crippen molar-refractivity contribution in [2.45, 2.75) is 54.4 Å². The van der Waals surface area contributed by atoms with Gasteiger partial charge < -0.3 is 0 Å². The first-order valence-corrected chi connectivity index (χ1v) is 12.9. The summed E-state index contributed by atoms with van der Waals surface area (Å²) in [5.41, 5.74) is 9.02. The van der Waals surface area contributed by atoms with E-state index in [4.69, 9.17) is 0 Å². The number of fused-ring (bicyclic) bond motifs is 1. The van der Waals surface area contributed by atoms with E-state index < -0.39 is 0 Å². The summed E-state index contributed by atoms with van der Waals surface area (Å²) >= 11 is 5.55. The summed E-state index contributed by atoms with van der Waals surface area (Å²) in [7, 11) is 0. The molecule has 2 aliphatic carbocycles. The molecule has 0 N–H and O–H groups in total. The second-order valence-corrected chi connectivity index (χ2v) is 13.0. The van der Waals surface area contributed by atoms with Crippen molar-refractivity contribution in [2.75, 3.05) is 0 Å². The zero-order chi connectivity index (χ0) is 21.3. The Kier molecular flexibility index (Phi) is 4.81. The fourth-order valence-electron chi connectivity index (χ4n) is 5.33. The molecule has 1 nitrogen and oxygen atoms in total. The molecular formula is C26H26OS3. The number of ketones is 1. The fourth-order valence-corrected chi connectivity index (χ4v) is 8.15. The average molecular weight is 451 g/mol. The number of hydrogen-bond donors (Lipinski definition) is 0. The van der Waals surface area contributed by atoms with Crippen molar-refractivity contribution in [1.29, 1.82) is 0 Å². The third kappa shape index (κ3) is 3.04. The van der Waals surface area contributed by atoms with Gasteiger partial charge in [0.25, 0.3) is 0 Å². The molecule has 1 atom stereocenters. The number of Topliss-reactive ketones (excluding diaryl/α,β-unsaturated/α-hetero) is 1. The van der Waals surface area contributed by atoms with Gasteiger partial charge in [-0.25, -0.2) is 0 Å². The lowest BCUT2D eigenvalue weighted by molar-refractivity contribution is -0.113. The van der Waals surface area contributed by atoms with Crippen LogP contribution in [-0.4, -0.2) is 5.78 Å². The third-order valence-electron chi connectivity index (χ3n) is 6.40. The van der Waals surface area contributed by atoms with Crippen LogP contribution >= 0.6 is 34.0 Å². The normalized spacial score (nSPS) is 18.9. The molecule has 0 spiro atoms. The largest absolute Gasteiger partial charge is 0.294 e. The van der Waals surface area contributed by atoms with Crippen LogP contribution in [0.5, 0.6) is 0 Å². The minimum absolute atomic E-state index is 0.316. The Morgan fingerprint density at radius 3 is 1.60 bits per heavy atom. The SMILES string of the molecule is Cc1cc(C2=C(c3cc(C)sc3C)C3=C(c4cc(C)sc4C)C(=O)CC3C2)c(C)s1. The van der Waals surface area contributed by atoms with E-state index in [1.165, 1.54) is 62.7 Å². The van der Waals surface area contributed by atoms with E-state index in [0.717, 1.165) is 12.0 Å². The van der Waals surface area contributed by atoms with E-state index >= 15 is 0 Å². The second kappa shape index (κ2) is 7.15. The van der Waals surface area contributed by atoms with E-state index in [1.807, 2.05) is 22.7 Å². The van der Waals surface area contributed by atoms with Gasteiger partial charge in [-0.05, 0) is 105 Å². The molecule has 0 saturated carbocycles. The Bertz CT molecular complexity index is 1270. The molecule has 3 aromatic rings. The standard InChI is InChI=1S/C26H26OS3/c1-12-7-19(15(4)28-12)22-10-18-11-23(27)26(21-9-14(3)30-17(21)6)24(18)25(22)20-8-13(2)29-16(20)5/h7-9,18H,10-11H2,1-6H3. The summed E-state index contributed by atoms with van der Waals surface area (Å²) in [4.78, 5) is 21.2. The van der Waals surface area contributed by atoms with Crippen molar-refractivity contribution in [3.63, 3.8) is 0 Å². The number of carbonyl (C=O) groups excluding carboxylic acids is 1. The molecule has 0 radical (unpaired) electrons. The molecule has 3 aromatic heterocycles. The number of allylic oxidation sites excluding steroid dienone is 4. The van der Waals surface area contributed by atoms with Crippen LogP contribution in [0.2, 0.25) is 0 Å². The first kappa shape index (κ1) is 20.2. The quantitative estimate of drug-likeness (QED) is 0.394. The van der Waals surface area contributed by atoms with Gasteiger partial charge in [-0.1, -0.05) is 0 Å². The van der Waals surface area contributed by atoms with Gasteiger partial charge in [0.1, 0.15) is 0 Å². The van der Waals surface area contributed by atoms with Crippen molar-refractivity contribution in [3.05, 3.63) is 69.7 Å². The number of hydrogen-bond acceptors (Lipinski definition) is 4. The van der Waals surface area contributed by atoms with E-state index in [2.05, 4.69) is 59.7 Å². The van der Waals surface area contributed by atoms with E-state index in [0.29, 0.717) is 18.1 Å². The first-order chi connectivity index (χ1) is 14.2. The van der Waals surface area contributed by atoms with Gasteiger partial charge in [0.2, 0.25) is 0 Å². The zero-order valence-corrected chi connectivity index (χ0v) is 20.8. The summed E-state index contributed by atoms with van der Waals surface area (Å²) in [6.45, 7) is 13.2. The van der Waals surface area contributed by atoms with Crippen molar-refractivity contribution in [2.24, 2.45) is 5.92 Å². The highest BCUT2D eigenvalue weighted by Gasteiger charge is 2.42. The lowest BCUT2D eigenvalue weighted by Crippen LogP contribution is -1.99. The second-order valence-electron chi connectivity index (χ2n) is 8.65. The lowest BCUT2D eigenvalue weighted by Gasteiger charge is -2.12. The molecule has 2 aliphatic rings. The summed E-state index contributed by atoms with van der Waals surface area (Å²) in [6.07, 6.45) is 1.63. The topological polar surface area (TPSA) is 17.1 Å². The van der Waals surface area contributed by atoms with E-state index in [-0.39, 0.29) is 0 Å². The third-order valence-corrected chi connectivity index (χ3v) is 9.29. The summed E-state index contributed by atoms with van der Waals surface area (Å²) in [5.74, 6) is 0.645. The molecule has 0 aliphatic heterocycles. The van der Waals surface area contributed by atoms with Crippen LogP contribution in [0.25, 0.3) is 16.7 Å². The van der Waals surface area contributed by atoms with Crippen LogP contribution in [0, 0.1) is 47.5 Å². The Morgan fingerprint density at radius 2 is 1.13 bits per heavy atom. The Morgan fingerprint density at radius 1 is 0.667 bits per heavy atom. The number of thiophene rings is 3. The molecule has 1 unspecified atom stereocenters. The van der Waals surface area contributed by atoms with Crippen LogP contribution in [0.4, 0.5) is 0 Å². The number of aryl methyl sites for hydroxylation is 6. The van der Waals surface area contributed by atoms with Gasteiger partial charge in [0.05, 0.1) is 0 Å².